The van der Waals surface area contributed by atoms with Gasteiger partial charge in [0, 0.05) is 0 Å². The van der Waals surface area contributed by atoms with Crippen LogP contribution in [0.5, 0.6) is 0 Å². The molecule has 0 unspecified atom stereocenters. The van der Waals surface area contributed by atoms with Gasteiger partial charge in [-0.15, -0.1) is 0 Å². The quantitative estimate of drug-likeness (QED) is 0.349. The summed E-state index contributed by atoms with van der Waals surface area (Å²) >= 11 is 0. The predicted molar refractivity (Wildman–Crippen MR) is 36.2 cm³/mol. The van der Waals surface area contributed by atoms with Crippen molar-refractivity contribution in [2.45, 2.75) is 25.7 Å². The van der Waals surface area contributed by atoms with Crippen molar-refractivity contribution in [1.29, 1.82) is 0 Å². The summed E-state index contributed by atoms with van der Waals surface area (Å²) < 4.78 is 4.80. The molecule has 4 heteroatoms. The summed E-state index contributed by atoms with van der Waals surface area (Å²) in [6, 6.07) is 0. The second-order valence-electron chi connectivity index (χ2n) is 2.06. The highest BCUT2D eigenvalue weighted by atomic mass is 16.5. The summed E-state index contributed by atoms with van der Waals surface area (Å²) in [7, 11) is 0. The van der Waals surface area contributed by atoms with Crippen LogP contribution in [0.4, 0.5) is 0 Å². The van der Waals surface area contributed by atoms with Gasteiger partial charge in [0.15, 0.2) is 0 Å². The van der Waals surface area contributed by atoms with E-state index in [1.165, 1.54) is 0 Å². The van der Waals surface area contributed by atoms with Crippen LogP contribution < -0.4 is 17.2 Å². The second-order valence-corrected chi connectivity index (χ2v) is 2.06. The van der Waals surface area contributed by atoms with E-state index in [1.807, 2.05) is 0 Å². The van der Waals surface area contributed by atoms with Crippen molar-refractivity contribution >= 4 is 0 Å². The van der Waals surface area contributed by atoms with Crippen molar-refractivity contribution in [3.05, 3.63) is 0 Å². The monoisotopic (exact) mass is 133 g/mol. The van der Waals surface area contributed by atoms with Crippen LogP contribution in [0, 0.1) is 0 Å². The van der Waals surface area contributed by atoms with E-state index in [4.69, 9.17) is 21.9 Å². The molecule has 0 rings (SSSR count). The zero-order chi connectivity index (χ0) is 7.33. The van der Waals surface area contributed by atoms with Crippen LogP contribution in [0.3, 0.4) is 0 Å². The van der Waals surface area contributed by atoms with E-state index < -0.39 is 5.97 Å². The zero-order valence-corrected chi connectivity index (χ0v) is 5.76. The number of nitrogens with two attached hydrogens (primary N) is 3. The molecule has 0 aromatic heterocycles. The molecule has 6 N–H and O–H groups in total. The molecular formula is C5H15N3O. The van der Waals surface area contributed by atoms with Crippen LogP contribution in [-0.2, 0) is 4.74 Å². The van der Waals surface area contributed by atoms with Crippen molar-refractivity contribution in [2.75, 3.05) is 6.61 Å². The van der Waals surface area contributed by atoms with E-state index in [9.17, 15) is 0 Å². The maximum Gasteiger partial charge on any atom is 0.227 e. The molecule has 0 saturated carbocycles. The Morgan fingerprint density at radius 1 is 1.33 bits per heavy atom. The maximum absolute atomic E-state index is 5.11. The maximum atomic E-state index is 5.11. The van der Waals surface area contributed by atoms with Crippen molar-refractivity contribution in [1.82, 2.24) is 0 Å². The van der Waals surface area contributed by atoms with Gasteiger partial charge in [0.05, 0.1) is 6.61 Å². The molecule has 0 atom stereocenters. The average molecular weight is 133 g/mol. The highest BCUT2D eigenvalue weighted by molar-refractivity contribution is 4.50. The molecule has 4 nitrogen and oxygen atoms in total. The van der Waals surface area contributed by atoms with Gasteiger partial charge in [-0.3, -0.25) is 17.2 Å². The molecule has 0 aromatic carbocycles. The first kappa shape index (κ1) is 8.84. The van der Waals surface area contributed by atoms with E-state index in [0.29, 0.717) is 6.61 Å². The fourth-order valence-electron chi connectivity index (χ4n) is 0.393. The first-order valence-corrected chi connectivity index (χ1v) is 3.07. The van der Waals surface area contributed by atoms with Gasteiger partial charge in [0.1, 0.15) is 0 Å². The Bertz CT molecular complexity index is 69.1. The molecule has 0 aliphatic heterocycles. The van der Waals surface area contributed by atoms with Crippen LogP contribution in [0.2, 0.25) is 0 Å². The molecular weight excluding hydrogens is 118 g/mol. The average Bonchev–Trinajstić information content (AvgIpc) is 1.63. The van der Waals surface area contributed by atoms with Crippen LogP contribution >= 0.6 is 0 Å². The van der Waals surface area contributed by atoms with Gasteiger partial charge in [-0.05, 0) is 6.42 Å². The van der Waals surface area contributed by atoms with Gasteiger partial charge in [-0.2, -0.15) is 0 Å². The third-order valence-corrected chi connectivity index (χ3v) is 0.850. The summed E-state index contributed by atoms with van der Waals surface area (Å²) in [5.74, 6) is -1.45. The summed E-state index contributed by atoms with van der Waals surface area (Å²) in [5.41, 5.74) is 15.3. The first-order chi connectivity index (χ1) is 4.06. The number of ether oxygens (including phenoxy) is 1. The summed E-state index contributed by atoms with van der Waals surface area (Å²) in [5, 5.41) is 0. The summed E-state index contributed by atoms with van der Waals surface area (Å²) in [4.78, 5) is 0. The van der Waals surface area contributed by atoms with Gasteiger partial charge in [0.25, 0.3) is 0 Å². The highest BCUT2D eigenvalue weighted by Crippen LogP contribution is 1.90. The fraction of sp³-hybridized carbons (Fsp3) is 1.00. The zero-order valence-electron chi connectivity index (χ0n) is 5.76. The molecule has 0 aliphatic rings. The Morgan fingerprint density at radius 3 is 2.22 bits per heavy atom. The molecule has 0 bridgehead atoms. The molecule has 0 aliphatic carbocycles. The van der Waals surface area contributed by atoms with Crippen LogP contribution in [0.25, 0.3) is 0 Å². The molecule has 0 spiro atoms. The van der Waals surface area contributed by atoms with Crippen LogP contribution in [-0.4, -0.2) is 12.6 Å². The van der Waals surface area contributed by atoms with Gasteiger partial charge < -0.3 is 4.74 Å². The smallest absolute Gasteiger partial charge is 0.227 e. The minimum absolute atomic E-state index is 0.528. The number of hydrogen-bond donors (Lipinski definition) is 3. The lowest BCUT2D eigenvalue weighted by atomic mass is 10.4. The van der Waals surface area contributed by atoms with Gasteiger partial charge in [0.2, 0.25) is 5.97 Å². The lowest BCUT2D eigenvalue weighted by molar-refractivity contribution is -0.0331. The molecule has 0 fully saturated rings. The standard InChI is InChI=1S/C5H15N3O/c1-2-3-4-9-5(6,7)8/h2-4,6-8H2,1H3. The predicted octanol–water partition coefficient (Wildman–Crippen LogP) is -0.709. The number of hydrogen-bond acceptors (Lipinski definition) is 4. The van der Waals surface area contributed by atoms with Gasteiger partial charge >= 0.3 is 0 Å². The lowest BCUT2D eigenvalue weighted by Crippen LogP contribution is -2.60. The normalized spacial score (nSPS) is 12.0. The Labute approximate surface area is 55.3 Å². The third-order valence-electron chi connectivity index (χ3n) is 0.850. The first-order valence-electron chi connectivity index (χ1n) is 3.07. The van der Waals surface area contributed by atoms with E-state index in [1.54, 1.807) is 0 Å². The summed E-state index contributed by atoms with van der Waals surface area (Å²) in [6.07, 6.45) is 1.99. The Kier molecular flexibility index (Phi) is 3.72. The number of unbranched alkanes of at least 4 members (excludes halogenated alkanes) is 1. The molecule has 0 aromatic rings. The van der Waals surface area contributed by atoms with Crippen LogP contribution in [0.1, 0.15) is 19.8 Å². The fourth-order valence-corrected chi connectivity index (χ4v) is 0.393. The lowest BCUT2D eigenvalue weighted by Gasteiger charge is -2.18. The molecule has 0 saturated heterocycles. The number of rotatable bonds is 4. The second kappa shape index (κ2) is 3.79. The molecule has 9 heavy (non-hydrogen) atoms. The molecule has 0 heterocycles. The Balaban J connectivity index is 3.07. The minimum Gasteiger partial charge on any atom is -0.335 e. The molecule has 0 radical (unpaired) electrons. The van der Waals surface area contributed by atoms with Gasteiger partial charge in [-0.1, -0.05) is 13.3 Å². The SMILES string of the molecule is CCCCOC(N)(N)N. The van der Waals surface area contributed by atoms with E-state index in [-0.39, 0.29) is 0 Å². The van der Waals surface area contributed by atoms with E-state index in [0.717, 1.165) is 12.8 Å². The van der Waals surface area contributed by atoms with Crippen molar-refractivity contribution in [3.63, 3.8) is 0 Å². The minimum atomic E-state index is -1.45. The van der Waals surface area contributed by atoms with Gasteiger partial charge in [-0.25, -0.2) is 0 Å². The van der Waals surface area contributed by atoms with Crippen molar-refractivity contribution in [3.8, 4) is 0 Å². The van der Waals surface area contributed by atoms with Crippen LogP contribution in [0.15, 0.2) is 0 Å². The Hall–Kier alpha value is -0.160. The van der Waals surface area contributed by atoms with Crippen molar-refractivity contribution in [2.24, 2.45) is 17.2 Å². The molecule has 56 valence electrons. The Morgan fingerprint density at radius 2 is 1.89 bits per heavy atom. The van der Waals surface area contributed by atoms with E-state index in [2.05, 4.69) is 6.92 Å². The molecule has 0 amide bonds. The topological polar surface area (TPSA) is 87.3 Å². The van der Waals surface area contributed by atoms with E-state index >= 15 is 0 Å². The highest BCUT2D eigenvalue weighted by Gasteiger charge is 2.09. The third kappa shape index (κ3) is 7.84. The summed E-state index contributed by atoms with van der Waals surface area (Å²) in [6.45, 7) is 2.58. The largest absolute Gasteiger partial charge is 0.335 e. The van der Waals surface area contributed by atoms with Crippen molar-refractivity contribution < 1.29 is 4.74 Å².